The molecule has 13 heavy (non-hydrogen) atoms. The largest absolute Gasteiger partial charge is 0.373 e. The van der Waals surface area contributed by atoms with Gasteiger partial charge in [-0.3, -0.25) is 0 Å². The highest BCUT2D eigenvalue weighted by Crippen LogP contribution is 2.25. The molecule has 0 aliphatic heterocycles. The van der Waals surface area contributed by atoms with Gasteiger partial charge in [-0.1, -0.05) is 11.6 Å². The molecule has 0 radical (unpaired) electrons. The van der Waals surface area contributed by atoms with Gasteiger partial charge in [-0.25, -0.2) is 0 Å². The van der Waals surface area contributed by atoms with E-state index in [0.717, 1.165) is 22.7 Å². The van der Waals surface area contributed by atoms with Gasteiger partial charge < -0.3 is 10.5 Å². The zero-order chi connectivity index (χ0) is 9.26. The van der Waals surface area contributed by atoms with Gasteiger partial charge in [-0.05, 0) is 29.9 Å². The Bertz CT molecular complexity index is 283. The van der Waals surface area contributed by atoms with E-state index in [1.807, 2.05) is 11.4 Å². The van der Waals surface area contributed by atoms with E-state index in [1.165, 1.54) is 0 Å². The molecule has 0 unspecified atom stereocenters. The predicted molar refractivity (Wildman–Crippen MR) is 55.1 cm³/mol. The zero-order valence-corrected chi connectivity index (χ0v) is 8.77. The maximum Gasteiger partial charge on any atom is 0.0931 e. The number of rotatable bonds is 3. The Balaban J connectivity index is 1.74. The molecule has 2 N–H and O–H groups in total. The first-order chi connectivity index (χ1) is 6.24. The highest BCUT2D eigenvalue weighted by molar-refractivity contribution is 7.14. The van der Waals surface area contributed by atoms with E-state index in [1.54, 1.807) is 11.3 Å². The molecule has 4 heteroatoms. The topological polar surface area (TPSA) is 35.2 Å². The van der Waals surface area contributed by atoms with Gasteiger partial charge in [0.05, 0.1) is 17.0 Å². The Morgan fingerprint density at radius 2 is 2.38 bits per heavy atom. The van der Waals surface area contributed by atoms with Crippen LogP contribution in [0.3, 0.4) is 0 Å². The summed E-state index contributed by atoms with van der Waals surface area (Å²) < 4.78 is 6.44. The van der Waals surface area contributed by atoms with E-state index >= 15 is 0 Å². The van der Waals surface area contributed by atoms with E-state index in [0.29, 0.717) is 18.8 Å². The molecule has 0 atom stereocenters. The third-order valence-corrected chi connectivity index (χ3v) is 3.38. The van der Waals surface area contributed by atoms with Crippen molar-refractivity contribution in [1.82, 2.24) is 0 Å². The van der Waals surface area contributed by atoms with Gasteiger partial charge >= 0.3 is 0 Å². The van der Waals surface area contributed by atoms with Crippen LogP contribution in [0.15, 0.2) is 11.4 Å². The molecule has 0 spiro atoms. The first-order valence-corrected chi connectivity index (χ1v) is 5.60. The van der Waals surface area contributed by atoms with E-state index < -0.39 is 0 Å². The molecular formula is C9H12ClNOS. The standard InChI is InChI=1S/C9H12ClNOS/c10-9-1-6(5-13-9)4-12-8-2-7(11)3-8/h1,5,7-8H,2-4,11H2. The summed E-state index contributed by atoms with van der Waals surface area (Å²) in [5.41, 5.74) is 6.81. The number of nitrogens with two attached hydrogens (primary N) is 1. The second-order valence-corrected chi connectivity index (χ2v) is 4.97. The second kappa shape index (κ2) is 3.96. The van der Waals surface area contributed by atoms with Gasteiger partial charge in [0.1, 0.15) is 0 Å². The molecule has 1 saturated carbocycles. The number of hydrogen-bond acceptors (Lipinski definition) is 3. The van der Waals surface area contributed by atoms with Crippen LogP contribution in [0, 0.1) is 0 Å². The lowest BCUT2D eigenvalue weighted by molar-refractivity contribution is -0.0187. The molecule has 0 amide bonds. The molecule has 1 fully saturated rings. The highest BCUT2D eigenvalue weighted by atomic mass is 35.5. The molecular weight excluding hydrogens is 206 g/mol. The van der Waals surface area contributed by atoms with Crippen LogP contribution in [0.2, 0.25) is 4.34 Å². The minimum Gasteiger partial charge on any atom is -0.373 e. The van der Waals surface area contributed by atoms with Crippen LogP contribution in [0.1, 0.15) is 18.4 Å². The van der Waals surface area contributed by atoms with Crippen LogP contribution in [0.5, 0.6) is 0 Å². The third-order valence-electron chi connectivity index (χ3n) is 2.24. The lowest BCUT2D eigenvalue weighted by Gasteiger charge is -2.32. The Morgan fingerprint density at radius 3 is 2.92 bits per heavy atom. The summed E-state index contributed by atoms with van der Waals surface area (Å²) in [6.45, 7) is 0.667. The van der Waals surface area contributed by atoms with Crippen molar-refractivity contribution in [3.63, 3.8) is 0 Å². The molecule has 0 bridgehead atoms. The Morgan fingerprint density at radius 1 is 1.62 bits per heavy atom. The van der Waals surface area contributed by atoms with E-state index in [2.05, 4.69) is 0 Å². The average molecular weight is 218 g/mol. The molecule has 1 heterocycles. The van der Waals surface area contributed by atoms with Crippen molar-refractivity contribution >= 4 is 22.9 Å². The van der Waals surface area contributed by atoms with Gasteiger partial charge in [0.2, 0.25) is 0 Å². The van der Waals surface area contributed by atoms with E-state index in [9.17, 15) is 0 Å². The lowest BCUT2D eigenvalue weighted by atomic mass is 9.90. The van der Waals surface area contributed by atoms with Gasteiger partial charge in [0, 0.05) is 6.04 Å². The fourth-order valence-corrected chi connectivity index (χ4v) is 2.27. The first kappa shape index (κ1) is 9.46. The van der Waals surface area contributed by atoms with Gasteiger partial charge in [0.15, 0.2) is 0 Å². The van der Waals surface area contributed by atoms with E-state index in [-0.39, 0.29) is 0 Å². The quantitative estimate of drug-likeness (QED) is 0.844. The smallest absolute Gasteiger partial charge is 0.0931 e. The van der Waals surface area contributed by atoms with Crippen LogP contribution in [-0.4, -0.2) is 12.1 Å². The first-order valence-electron chi connectivity index (χ1n) is 4.34. The molecule has 2 rings (SSSR count). The fraction of sp³-hybridized carbons (Fsp3) is 0.556. The summed E-state index contributed by atoms with van der Waals surface area (Å²) >= 11 is 7.33. The van der Waals surface area contributed by atoms with Gasteiger partial charge in [-0.2, -0.15) is 0 Å². The minimum atomic E-state index is 0.357. The fourth-order valence-electron chi connectivity index (χ4n) is 1.38. The summed E-state index contributed by atoms with van der Waals surface area (Å²) in [4.78, 5) is 0. The van der Waals surface area contributed by atoms with Crippen molar-refractivity contribution in [1.29, 1.82) is 0 Å². The molecule has 0 saturated heterocycles. The Labute approximate surface area is 86.6 Å². The molecule has 1 aliphatic carbocycles. The Kier molecular flexibility index (Phi) is 2.89. The molecule has 1 aliphatic rings. The molecule has 1 aromatic rings. The molecule has 0 aromatic carbocycles. The average Bonchev–Trinajstić information content (AvgIpc) is 2.43. The zero-order valence-electron chi connectivity index (χ0n) is 7.20. The van der Waals surface area contributed by atoms with Crippen molar-refractivity contribution in [2.75, 3.05) is 0 Å². The molecule has 2 nitrogen and oxygen atoms in total. The van der Waals surface area contributed by atoms with E-state index in [4.69, 9.17) is 22.1 Å². The third kappa shape index (κ3) is 2.44. The maximum absolute atomic E-state index is 5.79. The lowest BCUT2D eigenvalue weighted by Crippen LogP contribution is -2.41. The number of halogens is 1. The SMILES string of the molecule is NC1CC(OCc2csc(Cl)c2)C1. The second-order valence-electron chi connectivity index (χ2n) is 3.42. The van der Waals surface area contributed by atoms with Crippen LogP contribution in [0.25, 0.3) is 0 Å². The maximum atomic E-state index is 5.79. The van der Waals surface area contributed by atoms with Gasteiger partial charge in [0.25, 0.3) is 0 Å². The van der Waals surface area contributed by atoms with Crippen molar-refractivity contribution in [3.8, 4) is 0 Å². The number of hydrogen-bond donors (Lipinski definition) is 1. The van der Waals surface area contributed by atoms with Crippen molar-refractivity contribution in [3.05, 3.63) is 21.3 Å². The van der Waals surface area contributed by atoms with Crippen LogP contribution < -0.4 is 5.73 Å². The summed E-state index contributed by atoms with van der Waals surface area (Å²) in [6.07, 6.45) is 2.36. The van der Waals surface area contributed by atoms with Gasteiger partial charge in [-0.15, -0.1) is 11.3 Å². The summed E-state index contributed by atoms with van der Waals surface area (Å²) in [5, 5.41) is 2.03. The highest BCUT2D eigenvalue weighted by Gasteiger charge is 2.26. The van der Waals surface area contributed by atoms with Crippen molar-refractivity contribution in [2.45, 2.75) is 31.6 Å². The normalized spacial score (nSPS) is 27.2. The van der Waals surface area contributed by atoms with Crippen LogP contribution >= 0.6 is 22.9 Å². The van der Waals surface area contributed by atoms with Crippen molar-refractivity contribution < 1.29 is 4.74 Å². The van der Waals surface area contributed by atoms with Crippen LogP contribution in [-0.2, 0) is 11.3 Å². The Hall–Kier alpha value is -0.0900. The summed E-state index contributed by atoms with van der Waals surface area (Å²) in [5.74, 6) is 0. The van der Waals surface area contributed by atoms with Crippen LogP contribution in [0.4, 0.5) is 0 Å². The summed E-state index contributed by atoms with van der Waals surface area (Å²) in [6, 6.07) is 2.31. The van der Waals surface area contributed by atoms with Crippen molar-refractivity contribution in [2.24, 2.45) is 5.73 Å². The number of ether oxygens (including phenoxy) is 1. The predicted octanol–water partition coefficient (Wildman–Crippen LogP) is 2.41. The monoisotopic (exact) mass is 217 g/mol. The summed E-state index contributed by atoms with van der Waals surface area (Å²) in [7, 11) is 0. The number of thiophene rings is 1. The molecule has 1 aromatic heterocycles. The minimum absolute atomic E-state index is 0.357. The molecule has 72 valence electrons.